The van der Waals surface area contributed by atoms with Crippen molar-refractivity contribution in [1.82, 2.24) is 9.99 Å². The first-order valence-corrected chi connectivity index (χ1v) is 10.2. The predicted octanol–water partition coefficient (Wildman–Crippen LogP) is 5.55. The molecule has 1 N–H and O–H groups in total. The van der Waals surface area contributed by atoms with Crippen LogP contribution in [0.3, 0.4) is 0 Å². The number of hydrogen-bond donors (Lipinski definition) is 1. The van der Waals surface area contributed by atoms with Gasteiger partial charge in [-0.3, -0.25) is 4.79 Å². The smallest absolute Gasteiger partial charge is 0.277 e. The van der Waals surface area contributed by atoms with Crippen LogP contribution >= 0.6 is 23.2 Å². The van der Waals surface area contributed by atoms with E-state index >= 15 is 0 Å². The summed E-state index contributed by atoms with van der Waals surface area (Å²) in [5, 5.41) is 4.91. The molecule has 0 saturated heterocycles. The Labute approximate surface area is 186 Å². The van der Waals surface area contributed by atoms with E-state index in [1.54, 1.807) is 24.4 Å². The van der Waals surface area contributed by atoms with Crippen molar-refractivity contribution < 1.29 is 9.53 Å². The van der Waals surface area contributed by atoms with Gasteiger partial charge in [0.15, 0.2) is 6.61 Å². The number of carbonyl (C=O) groups excluding carboxylic acids is 1. The average molecular weight is 444 g/mol. The summed E-state index contributed by atoms with van der Waals surface area (Å²) in [5.41, 5.74) is 9.06. The topological polar surface area (TPSA) is 55.6 Å². The first kappa shape index (κ1) is 21.9. The van der Waals surface area contributed by atoms with E-state index in [-0.39, 0.29) is 12.5 Å². The highest BCUT2D eigenvalue weighted by Gasteiger charge is 2.11. The number of carbonyl (C=O) groups is 1. The third-order valence-corrected chi connectivity index (χ3v) is 5.11. The number of rotatable bonds is 6. The molecule has 1 amide bonds. The van der Waals surface area contributed by atoms with Gasteiger partial charge < -0.3 is 9.30 Å². The Bertz CT molecular complexity index is 1100. The third-order valence-electron chi connectivity index (χ3n) is 4.58. The highest BCUT2D eigenvalue weighted by molar-refractivity contribution is 6.35. The van der Waals surface area contributed by atoms with E-state index in [9.17, 15) is 4.79 Å². The van der Waals surface area contributed by atoms with Gasteiger partial charge in [-0.15, -0.1) is 0 Å². The van der Waals surface area contributed by atoms with Gasteiger partial charge in [0.05, 0.1) is 11.2 Å². The minimum atomic E-state index is -0.389. The molecule has 156 valence electrons. The summed E-state index contributed by atoms with van der Waals surface area (Å²) in [7, 11) is 0. The lowest BCUT2D eigenvalue weighted by Crippen LogP contribution is -2.24. The van der Waals surface area contributed by atoms with Gasteiger partial charge in [-0.2, -0.15) is 5.10 Å². The zero-order valence-electron chi connectivity index (χ0n) is 17.3. The highest BCUT2D eigenvalue weighted by Crippen LogP contribution is 2.27. The van der Waals surface area contributed by atoms with Crippen molar-refractivity contribution in [2.75, 3.05) is 6.61 Å². The fourth-order valence-electron chi connectivity index (χ4n) is 3.34. The number of hydrazone groups is 1. The second kappa shape index (κ2) is 9.37. The van der Waals surface area contributed by atoms with Crippen LogP contribution in [0.1, 0.15) is 28.1 Å². The molecule has 3 rings (SSSR count). The van der Waals surface area contributed by atoms with Crippen LogP contribution in [-0.4, -0.2) is 23.3 Å². The maximum absolute atomic E-state index is 12.0. The summed E-state index contributed by atoms with van der Waals surface area (Å²) in [6.07, 6.45) is 1.63. The van der Waals surface area contributed by atoms with Crippen LogP contribution in [0.25, 0.3) is 5.69 Å². The SMILES string of the molecule is Cc1cc(C)cc(-n2c(C)cc(/C=N/NC(=O)COc3ccc(Cl)cc3Cl)c2C)c1. The molecule has 0 unspecified atom stereocenters. The molecule has 0 bridgehead atoms. The molecule has 0 aliphatic carbocycles. The highest BCUT2D eigenvalue weighted by atomic mass is 35.5. The molecular formula is C23H23Cl2N3O2. The van der Waals surface area contributed by atoms with Crippen LogP contribution in [0, 0.1) is 27.7 Å². The van der Waals surface area contributed by atoms with Crippen molar-refractivity contribution in [2.24, 2.45) is 5.10 Å². The summed E-state index contributed by atoms with van der Waals surface area (Å²) >= 11 is 11.9. The van der Waals surface area contributed by atoms with Crippen LogP contribution in [0.5, 0.6) is 5.75 Å². The first-order chi connectivity index (χ1) is 14.2. The van der Waals surface area contributed by atoms with Gasteiger partial charge >= 0.3 is 0 Å². The first-order valence-electron chi connectivity index (χ1n) is 9.42. The van der Waals surface area contributed by atoms with Crippen molar-refractivity contribution in [1.29, 1.82) is 0 Å². The van der Waals surface area contributed by atoms with E-state index in [2.05, 4.69) is 47.1 Å². The molecule has 30 heavy (non-hydrogen) atoms. The van der Waals surface area contributed by atoms with Gasteiger partial charge in [0.2, 0.25) is 0 Å². The molecule has 2 aromatic carbocycles. The van der Waals surface area contributed by atoms with Crippen LogP contribution in [-0.2, 0) is 4.79 Å². The lowest BCUT2D eigenvalue weighted by atomic mass is 10.1. The van der Waals surface area contributed by atoms with E-state index < -0.39 is 0 Å². The molecule has 0 atom stereocenters. The van der Waals surface area contributed by atoms with Gasteiger partial charge in [0.1, 0.15) is 5.75 Å². The molecule has 3 aromatic rings. The van der Waals surface area contributed by atoms with Crippen molar-refractivity contribution in [3.05, 3.63) is 80.6 Å². The molecule has 0 saturated carbocycles. The lowest BCUT2D eigenvalue weighted by molar-refractivity contribution is -0.123. The third kappa shape index (κ3) is 5.23. The van der Waals surface area contributed by atoms with Gasteiger partial charge in [0, 0.05) is 27.7 Å². The van der Waals surface area contributed by atoms with Crippen molar-refractivity contribution >= 4 is 35.3 Å². The Hall–Kier alpha value is -2.76. The molecule has 5 nitrogen and oxygen atoms in total. The maximum Gasteiger partial charge on any atom is 0.277 e. The quantitative estimate of drug-likeness (QED) is 0.401. The van der Waals surface area contributed by atoms with E-state index in [0.29, 0.717) is 15.8 Å². The standard InChI is InChI=1S/C23H23Cl2N3O2/c1-14-7-15(2)9-20(8-14)28-16(3)10-18(17(28)4)12-26-27-23(29)13-30-22-6-5-19(24)11-21(22)25/h5-12H,13H2,1-4H3,(H,27,29)/b26-12+. The number of aryl methyl sites for hydroxylation is 3. The number of hydrogen-bond acceptors (Lipinski definition) is 3. The van der Waals surface area contributed by atoms with Crippen molar-refractivity contribution in [3.8, 4) is 11.4 Å². The van der Waals surface area contributed by atoms with Crippen LogP contribution < -0.4 is 10.2 Å². The Morgan fingerprint density at radius 3 is 2.43 bits per heavy atom. The van der Waals surface area contributed by atoms with E-state index in [0.717, 1.165) is 22.6 Å². The van der Waals surface area contributed by atoms with Crippen LogP contribution in [0.15, 0.2) is 47.6 Å². The van der Waals surface area contributed by atoms with E-state index in [1.165, 1.54) is 11.1 Å². The molecule has 0 fully saturated rings. The van der Waals surface area contributed by atoms with Crippen LogP contribution in [0.4, 0.5) is 0 Å². The average Bonchev–Trinajstić information content (AvgIpc) is 2.93. The second-order valence-electron chi connectivity index (χ2n) is 7.16. The van der Waals surface area contributed by atoms with E-state index in [1.807, 2.05) is 19.9 Å². The largest absolute Gasteiger partial charge is 0.482 e. The van der Waals surface area contributed by atoms with Crippen molar-refractivity contribution in [2.45, 2.75) is 27.7 Å². The molecule has 0 spiro atoms. The number of benzene rings is 2. The Morgan fingerprint density at radius 2 is 1.77 bits per heavy atom. The van der Waals surface area contributed by atoms with Gasteiger partial charge in [-0.25, -0.2) is 5.43 Å². The number of nitrogens with zero attached hydrogens (tertiary/aromatic N) is 2. The molecule has 1 heterocycles. The summed E-state index contributed by atoms with van der Waals surface area (Å²) < 4.78 is 7.58. The summed E-state index contributed by atoms with van der Waals surface area (Å²) in [5.74, 6) is -0.00225. The zero-order chi connectivity index (χ0) is 21.8. The Morgan fingerprint density at radius 1 is 1.07 bits per heavy atom. The molecule has 0 aliphatic heterocycles. The van der Waals surface area contributed by atoms with Gasteiger partial charge in [-0.05, 0) is 75.2 Å². The molecule has 0 radical (unpaired) electrons. The second-order valence-corrected chi connectivity index (χ2v) is 8.01. The number of nitrogens with one attached hydrogen (secondary N) is 1. The van der Waals surface area contributed by atoms with Crippen LogP contribution in [0.2, 0.25) is 10.0 Å². The fourth-order valence-corrected chi connectivity index (χ4v) is 3.80. The summed E-state index contributed by atoms with van der Waals surface area (Å²) in [4.78, 5) is 12.0. The lowest BCUT2D eigenvalue weighted by Gasteiger charge is -2.11. The van der Waals surface area contributed by atoms with Gasteiger partial charge in [0.25, 0.3) is 5.91 Å². The molecule has 1 aromatic heterocycles. The Balaban J connectivity index is 1.65. The van der Waals surface area contributed by atoms with Gasteiger partial charge in [-0.1, -0.05) is 29.3 Å². The summed E-state index contributed by atoms with van der Waals surface area (Å²) in [6.45, 7) is 8.04. The Kier molecular flexibility index (Phi) is 6.85. The maximum atomic E-state index is 12.0. The fraction of sp³-hybridized carbons (Fsp3) is 0.217. The number of aromatic nitrogens is 1. The number of halogens is 2. The molecule has 7 heteroatoms. The molecular weight excluding hydrogens is 421 g/mol. The summed E-state index contributed by atoms with van der Waals surface area (Å²) in [6, 6.07) is 13.3. The minimum absolute atomic E-state index is 0.208. The number of amides is 1. The normalized spacial score (nSPS) is 11.1. The van der Waals surface area contributed by atoms with Crippen molar-refractivity contribution in [3.63, 3.8) is 0 Å². The monoisotopic (exact) mass is 443 g/mol. The zero-order valence-corrected chi connectivity index (χ0v) is 18.8. The van der Waals surface area contributed by atoms with E-state index in [4.69, 9.17) is 27.9 Å². The molecule has 0 aliphatic rings. The number of ether oxygens (including phenoxy) is 1. The minimum Gasteiger partial charge on any atom is -0.482 e. The predicted molar refractivity (Wildman–Crippen MR) is 122 cm³/mol.